The van der Waals surface area contributed by atoms with Gasteiger partial charge in [0, 0.05) is 36.6 Å². The lowest BCUT2D eigenvalue weighted by Gasteiger charge is -2.33. The summed E-state index contributed by atoms with van der Waals surface area (Å²) in [6.45, 7) is 8.55. The quantitative estimate of drug-likeness (QED) is 0.619. The molecule has 2 heterocycles. The van der Waals surface area contributed by atoms with E-state index < -0.39 is 0 Å². The molecule has 0 saturated carbocycles. The first-order valence-corrected chi connectivity index (χ1v) is 10.2. The van der Waals surface area contributed by atoms with E-state index in [4.69, 9.17) is 9.97 Å². The zero-order valence-corrected chi connectivity index (χ0v) is 19.6. The van der Waals surface area contributed by atoms with Gasteiger partial charge in [0.15, 0.2) is 0 Å². The Bertz CT molecular complexity index is 769. The van der Waals surface area contributed by atoms with Gasteiger partial charge in [-0.15, -0.1) is 24.8 Å². The molecule has 2 aromatic rings. The number of nitrogens with zero attached hydrogens (tertiary/aromatic N) is 3. The van der Waals surface area contributed by atoms with Crippen LogP contribution in [0.15, 0.2) is 24.3 Å². The fourth-order valence-corrected chi connectivity index (χ4v) is 3.56. The predicted molar refractivity (Wildman–Crippen MR) is 129 cm³/mol. The number of unbranched alkanes of at least 4 members (excludes halogenated alkanes) is 1. The van der Waals surface area contributed by atoms with E-state index >= 15 is 0 Å². The van der Waals surface area contributed by atoms with Crippen LogP contribution >= 0.6 is 24.8 Å². The number of aryl methyl sites for hydroxylation is 3. The molecule has 7 heteroatoms. The van der Waals surface area contributed by atoms with Gasteiger partial charge in [0.05, 0.1) is 0 Å². The molecule has 1 unspecified atom stereocenters. The summed E-state index contributed by atoms with van der Waals surface area (Å²) < 4.78 is 0. The highest BCUT2D eigenvalue weighted by Gasteiger charge is 2.20. The molecule has 0 radical (unpaired) electrons. The minimum absolute atomic E-state index is 0. The van der Waals surface area contributed by atoms with Crippen molar-refractivity contribution in [2.75, 3.05) is 30.4 Å². The molecule has 1 aliphatic rings. The lowest BCUT2D eigenvalue weighted by molar-refractivity contribution is 0.447. The summed E-state index contributed by atoms with van der Waals surface area (Å²) in [6, 6.07) is 9.11. The summed E-state index contributed by atoms with van der Waals surface area (Å²) in [7, 11) is 2.05. The second-order valence-electron chi connectivity index (χ2n) is 7.64. The zero-order valence-electron chi connectivity index (χ0n) is 18.0. The normalized spacial score (nSPS) is 16.0. The minimum Gasteiger partial charge on any atom is -0.355 e. The van der Waals surface area contributed by atoms with Crippen LogP contribution in [-0.4, -0.2) is 36.1 Å². The number of hydrogen-bond donors (Lipinski definition) is 2. The first-order chi connectivity index (χ1) is 13.1. The first-order valence-electron chi connectivity index (χ1n) is 10.2. The first kappa shape index (κ1) is 25.5. The number of hydrogen-bond acceptors (Lipinski definition) is 5. The van der Waals surface area contributed by atoms with Crippen LogP contribution < -0.4 is 15.5 Å². The summed E-state index contributed by atoms with van der Waals surface area (Å²) in [5, 5.41) is 6.85. The third kappa shape index (κ3) is 7.02. The second kappa shape index (κ2) is 12.2. The van der Waals surface area contributed by atoms with E-state index in [1.165, 1.54) is 30.4 Å². The second-order valence-corrected chi connectivity index (χ2v) is 7.64. The van der Waals surface area contributed by atoms with Crippen molar-refractivity contribution in [1.82, 2.24) is 15.3 Å². The minimum atomic E-state index is 0. The fourth-order valence-electron chi connectivity index (χ4n) is 3.56. The van der Waals surface area contributed by atoms with Crippen LogP contribution in [-0.2, 0) is 6.42 Å². The maximum absolute atomic E-state index is 4.86. The molecule has 2 N–H and O–H groups in total. The number of likely N-dealkylation sites (N-methyl/N-ethyl adjacent to an activating group) is 1. The van der Waals surface area contributed by atoms with E-state index in [0.29, 0.717) is 12.0 Å². The van der Waals surface area contributed by atoms with Gasteiger partial charge in [0.25, 0.3) is 0 Å². The molecule has 0 bridgehead atoms. The number of nitrogens with one attached hydrogen (secondary N) is 2. The van der Waals surface area contributed by atoms with Gasteiger partial charge in [-0.1, -0.05) is 19.4 Å². The molecule has 5 nitrogen and oxygen atoms in total. The molecule has 1 fully saturated rings. The molecule has 162 valence electrons. The van der Waals surface area contributed by atoms with Crippen molar-refractivity contribution < 1.29 is 0 Å². The maximum Gasteiger partial charge on any atom is 0.229 e. The average Bonchev–Trinajstić information content (AvgIpc) is 2.69. The summed E-state index contributed by atoms with van der Waals surface area (Å²) in [6.07, 6.45) is 5.74. The Hall–Kier alpha value is -1.56. The van der Waals surface area contributed by atoms with Gasteiger partial charge in [-0.05, 0) is 69.8 Å². The smallest absolute Gasteiger partial charge is 0.229 e. The van der Waals surface area contributed by atoms with Crippen molar-refractivity contribution in [3.05, 3.63) is 41.1 Å². The van der Waals surface area contributed by atoms with Gasteiger partial charge in [-0.25, -0.2) is 4.98 Å². The Balaban J connectivity index is 0.00000210. The molecule has 1 aromatic heterocycles. The van der Waals surface area contributed by atoms with E-state index in [-0.39, 0.29) is 24.8 Å². The molecular formula is C22H35Cl2N5. The number of benzene rings is 1. The van der Waals surface area contributed by atoms with Crippen molar-refractivity contribution in [3.63, 3.8) is 0 Å². The number of aromatic nitrogens is 2. The van der Waals surface area contributed by atoms with E-state index in [2.05, 4.69) is 60.6 Å². The summed E-state index contributed by atoms with van der Waals surface area (Å²) in [4.78, 5) is 12.0. The van der Waals surface area contributed by atoms with E-state index in [1.807, 2.05) is 7.05 Å². The predicted octanol–water partition coefficient (Wildman–Crippen LogP) is 5.21. The monoisotopic (exact) mass is 439 g/mol. The van der Waals surface area contributed by atoms with Crippen molar-refractivity contribution in [1.29, 1.82) is 0 Å². The van der Waals surface area contributed by atoms with Crippen molar-refractivity contribution in [2.24, 2.45) is 0 Å². The lowest BCUT2D eigenvalue weighted by atomic mass is 10.1. The number of halogens is 2. The van der Waals surface area contributed by atoms with Gasteiger partial charge in [0.2, 0.25) is 5.95 Å². The lowest BCUT2D eigenvalue weighted by Crippen LogP contribution is -2.44. The zero-order chi connectivity index (χ0) is 19.2. The summed E-state index contributed by atoms with van der Waals surface area (Å²) in [5.41, 5.74) is 4.74. The van der Waals surface area contributed by atoms with Gasteiger partial charge in [-0.2, -0.15) is 4.98 Å². The Morgan fingerprint density at radius 2 is 1.90 bits per heavy atom. The molecule has 29 heavy (non-hydrogen) atoms. The van der Waals surface area contributed by atoms with E-state index in [1.54, 1.807) is 0 Å². The van der Waals surface area contributed by atoms with Crippen LogP contribution in [0.1, 0.15) is 49.4 Å². The van der Waals surface area contributed by atoms with Crippen molar-refractivity contribution in [3.8, 4) is 0 Å². The third-order valence-electron chi connectivity index (χ3n) is 5.47. The Labute approximate surface area is 187 Å². The Morgan fingerprint density at radius 3 is 2.59 bits per heavy atom. The average molecular weight is 440 g/mol. The van der Waals surface area contributed by atoms with E-state index in [0.717, 1.165) is 43.1 Å². The molecule has 0 aliphatic carbocycles. The number of rotatable bonds is 7. The largest absolute Gasteiger partial charge is 0.355 e. The topological polar surface area (TPSA) is 53.1 Å². The summed E-state index contributed by atoms with van der Waals surface area (Å²) in [5.74, 6) is 1.75. The van der Waals surface area contributed by atoms with Gasteiger partial charge >= 0.3 is 0 Å². The number of piperidine rings is 1. The van der Waals surface area contributed by atoms with Crippen LogP contribution in [0.4, 0.5) is 17.5 Å². The van der Waals surface area contributed by atoms with Crippen LogP contribution in [0.2, 0.25) is 0 Å². The van der Waals surface area contributed by atoms with E-state index in [9.17, 15) is 0 Å². The highest BCUT2D eigenvalue weighted by molar-refractivity contribution is 5.85. The molecule has 1 atom stereocenters. The molecule has 1 aliphatic heterocycles. The van der Waals surface area contributed by atoms with Crippen LogP contribution in [0.5, 0.6) is 0 Å². The highest BCUT2D eigenvalue weighted by Crippen LogP contribution is 2.23. The van der Waals surface area contributed by atoms with Crippen LogP contribution in [0.3, 0.4) is 0 Å². The number of anilines is 3. The standard InChI is InChI=1S/C22H33N5.2ClH/c1-5-6-8-18-14-21(27-12-7-9-20(15-27)23-4)26-22(24-18)25-19-11-10-16(2)17(3)13-19;;/h10-11,13-14,20,23H,5-9,12,15H2,1-4H3,(H,24,25,26);2*1H. The van der Waals surface area contributed by atoms with Crippen molar-refractivity contribution in [2.45, 2.75) is 58.9 Å². The Morgan fingerprint density at radius 1 is 1.10 bits per heavy atom. The summed E-state index contributed by atoms with van der Waals surface area (Å²) >= 11 is 0. The molecule has 3 rings (SSSR count). The fraction of sp³-hybridized carbons (Fsp3) is 0.545. The van der Waals surface area contributed by atoms with Crippen LogP contribution in [0.25, 0.3) is 0 Å². The van der Waals surface area contributed by atoms with Gasteiger partial charge in [0.1, 0.15) is 5.82 Å². The van der Waals surface area contributed by atoms with Gasteiger partial charge < -0.3 is 15.5 Å². The van der Waals surface area contributed by atoms with Gasteiger partial charge in [-0.3, -0.25) is 0 Å². The SMILES string of the molecule is CCCCc1cc(N2CCCC(NC)C2)nc(Nc2ccc(C)c(C)c2)n1.Cl.Cl. The highest BCUT2D eigenvalue weighted by atomic mass is 35.5. The molecule has 0 amide bonds. The van der Waals surface area contributed by atoms with Crippen molar-refractivity contribution >= 4 is 42.3 Å². The molecule has 1 aromatic carbocycles. The maximum atomic E-state index is 4.86. The Kier molecular flexibility index (Phi) is 10.7. The third-order valence-corrected chi connectivity index (χ3v) is 5.47. The molecule has 1 saturated heterocycles. The van der Waals surface area contributed by atoms with Crippen LogP contribution in [0, 0.1) is 13.8 Å². The molecular weight excluding hydrogens is 405 g/mol. The molecule has 0 spiro atoms.